The van der Waals surface area contributed by atoms with E-state index in [4.69, 9.17) is 4.74 Å². The van der Waals surface area contributed by atoms with Crippen LogP contribution in [-0.4, -0.2) is 20.2 Å². The summed E-state index contributed by atoms with van der Waals surface area (Å²) in [5.74, 6) is 1.63. The average Bonchev–Trinajstić information content (AvgIpc) is 2.40. The molecule has 0 saturated carbocycles. The minimum absolute atomic E-state index is 0.716. The molecule has 0 aliphatic heterocycles. The third-order valence-electron chi connectivity index (χ3n) is 3.09. The summed E-state index contributed by atoms with van der Waals surface area (Å²) in [5, 5.41) is 3.46. The molecular formula is C17H26BrNO. The summed E-state index contributed by atoms with van der Waals surface area (Å²) in [6.45, 7) is 8.79. The SMILES string of the molecule is COc1ccc(Br)c(CC(C)=CCCNCC(C)C)c1. The zero-order valence-corrected chi connectivity index (χ0v) is 14.6. The Bertz CT molecular complexity index is 441. The molecule has 3 heteroatoms. The lowest BCUT2D eigenvalue weighted by Crippen LogP contribution is -2.20. The third kappa shape index (κ3) is 6.58. The van der Waals surface area contributed by atoms with E-state index in [1.54, 1.807) is 7.11 Å². The Balaban J connectivity index is 2.46. The van der Waals surface area contributed by atoms with Crippen molar-refractivity contribution in [2.24, 2.45) is 5.92 Å². The summed E-state index contributed by atoms with van der Waals surface area (Å²) >= 11 is 3.60. The monoisotopic (exact) mass is 339 g/mol. The molecule has 0 aliphatic rings. The maximum absolute atomic E-state index is 5.28. The van der Waals surface area contributed by atoms with Crippen LogP contribution in [0.2, 0.25) is 0 Å². The van der Waals surface area contributed by atoms with Gasteiger partial charge in [-0.1, -0.05) is 41.4 Å². The fourth-order valence-electron chi connectivity index (χ4n) is 2.00. The van der Waals surface area contributed by atoms with Gasteiger partial charge in [-0.05, 0) is 62.5 Å². The number of allylic oxidation sites excluding steroid dienone is 1. The van der Waals surface area contributed by atoms with Crippen molar-refractivity contribution in [1.29, 1.82) is 0 Å². The molecule has 1 aromatic rings. The van der Waals surface area contributed by atoms with Crippen molar-refractivity contribution in [2.75, 3.05) is 20.2 Å². The molecule has 0 aliphatic carbocycles. The Morgan fingerprint density at radius 3 is 2.80 bits per heavy atom. The minimum atomic E-state index is 0.716. The van der Waals surface area contributed by atoms with E-state index in [-0.39, 0.29) is 0 Å². The van der Waals surface area contributed by atoms with E-state index >= 15 is 0 Å². The zero-order valence-electron chi connectivity index (χ0n) is 13.0. The Morgan fingerprint density at radius 1 is 1.40 bits per heavy atom. The van der Waals surface area contributed by atoms with E-state index < -0.39 is 0 Å². The second kappa shape index (κ2) is 9.19. The molecule has 0 bridgehead atoms. The Morgan fingerprint density at radius 2 is 2.15 bits per heavy atom. The van der Waals surface area contributed by atoms with Crippen LogP contribution in [-0.2, 0) is 6.42 Å². The highest BCUT2D eigenvalue weighted by atomic mass is 79.9. The van der Waals surface area contributed by atoms with Crippen LogP contribution in [0.25, 0.3) is 0 Å². The quantitative estimate of drug-likeness (QED) is 0.552. The van der Waals surface area contributed by atoms with Crippen LogP contribution in [0.5, 0.6) is 5.75 Å². The van der Waals surface area contributed by atoms with E-state index in [0.717, 1.165) is 36.2 Å². The molecule has 2 nitrogen and oxygen atoms in total. The molecule has 0 atom stereocenters. The summed E-state index contributed by atoms with van der Waals surface area (Å²) in [7, 11) is 1.70. The number of nitrogens with one attached hydrogen (secondary N) is 1. The molecule has 0 amide bonds. The molecule has 1 N–H and O–H groups in total. The lowest BCUT2D eigenvalue weighted by molar-refractivity contribution is 0.414. The van der Waals surface area contributed by atoms with Gasteiger partial charge in [0.15, 0.2) is 0 Å². The zero-order chi connectivity index (χ0) is 15.0. The molecule has 0 saturated heterocycles. The molecule has 0 fully saturated rings. The number of hydrogen-bond donors (Lipinski definition) is 1. The van der Waals surface area contributed by atoms with Crippen LogP contribution >= 0.6 is 15.9 Å². The Kier molecular flexibility index (Phi) is 7.93. The first-order valence-electron chi connectivity index (χ1n) is 7.21. The highest BCUT2D eigenvalue weighted by molar-refractivity contribution is 9.10. The van der Waals surface area contributed by atoms with Crippen LogP contribution in [0.4, 0.5) is 0 Å². The van der Waals surface area contributed by atoms with Crippen molar-refractivity contribution < 1.29 is 4.74 Å². The highest BCUT2D eigenvalue weighted by Crippen LogP contribution is 2.24. The van der Waals surface area contributed by atoms with Crippen LogP contribution < -0.4 is 10.1 Å². The molecule has 112 valence electrons. The molecule has 0 heterocycles. The average molecular weight is 340 g/mol. The Labute approximate surface area is 131 Å². The molecule has 0 radical (unpaired) electrons. The lowest BCUT2D eigenvalue weighted by atomic mass is 10.1. The van der Waals surface area contributed by atoms with E-state index in [1.807, 2.05) is 12.1 Å². The predicted molar refractivity (Wildman–Crippen MR) is 90.5 cm³/mol. The summed E-state index contributed by atoms with van der Waals surface area (Å²) in [5.41, 5.74) is 2.67. The van der Waals surface area contributed by atoms with Crippen molar-refractivity contribution in [3.63, 3.8) is 0 Å². The molecule has 0 unspecified atom stereocenters. The molecule has 20 heavy (non-hydrogen) atoms. The van der Waals surface area contributed by atoms with Gasteiger partial charge in [0.1, 0.15) is 5.75 Å². The number of hydrogen-bond acceptors (Lipinski definition) is 2. The van der Waals surface area contributed by atoms with Gasteiger partial charge in [0.05, 0.1) is 7.11 Å². The largest absolute Gasteiger partial charge is 0.497 e. The first-order chi connectivity index (χ1) is 9.52. The maximum Gasteiger partial charge on any atom is 0.119 e. The maximum atomic E-state index is 5.28. The normalized spacial score (nSPS) is 12.0. The van der Waals surface area contributed by atoms with Gasteiger partial charge in [0.2, 0.25) is 0 Å². The van der Waals surface area contributed by atoms with Crippen molar-refractivity contribution in [1.82, 2.24) is 5.32 Å². The Hall–Kier alpha value is -0.800. The van der Waals surface area contributed by atoms with Gasteiger partial charge in [-0.25, -0.2) is 0 Å². The summed E-state index contributed by atoms with van der Waals surface area (Å²) in [6, 6.07) is 6.12. The number of halogens is 1. The van der Waals surface area contributed by atoms with E-state index in [9.17, 15) is 0 Å². The molecule has 0 spiro atoms. The second-order valence-electron chi connectivity index (χ2n) is 5.57. The molecule has 1 rings (SSSR count). The van der Waals surface area contributed by atoms with Gasteiger partial charge >= 0.3 is 0 Å². The number of ether oxygens (including phenoxy) is 1. The second-order valence-corrected chi connectivity index (χ2v) is 6.43. The minimum Gasteiger partial charge on any atom is -0.497 e. The summed E-state index contributed by atoms with van der Waals surface area (Å²) in [4.78, 5) is 0. The molecular weight excluding hydrogens is 314 g/mol. The number of methoxy groups -OCH3 is 1. The van der Waals surface area contributed by atoms with E-state index in [2.05, 4.69) is 54.2 Å². The summed E-state index contributed by atoms with van der Waals surface area (Å²) < 4.78 is 6.42. The number of benzene rings is 1. The van der Waals surface area contributed by atoms with Crippen LogP contribution in [0.1, 0.15) is 32.8 Å². The van der Waals surface area contributed by atoms with Gasteiger partial charge in [0.25, 0.3) is 0 Å². The topological polar surface area (TPSA) is 21.3 Å². The molecule has 1 aromatic carbocycles. The van der Waals surface area contributed by atoms with Gasteiger partial charge < -0.3 is 10.1 Å². The number of rotatable bonds is 8. The van der Waals surface area contributed by atoms with Gasteiger partial charge in [-0.3, -0.25) is 0 Å². The molecule has 0 aromatic heterocycles. The fraction of sp³-hybridized carbons (Fsp3) is 0.529. The van der Waals surface area contributed by atoms with E-state index in [0.29, 0.717) is 5.92 Å². The van der Waals surface area contributed by atoms with Crippen LogP contribution in [0.15, 0.2) is 34.3 Å². The highest BCUT2D eigenvalue weighted by Gasteiger charge is 2.03. The fourth-order valence-corrected chi connectivity index (χ4v) is 2.38. The smallest absolute Gasteiger partial charge is 0.119 e. The van der Waals surface area contributed by atoms with Crippen LogP contribution in [0.3, 0.4) is 0 Å². The first kappa shape index (κ1) is 17.3. The van der Waals surface area contributed by atoms with Gasteiger partial charge in [-0.15, -0.1) is 0 Å². The van der Waals surface area contributed by atoms with Crippen LogP contribution in [0, 0.1) is 5.92 Å². The van der Waals surface area contributed by atoms with Gasteiger partial charge in [0, 0.05) is 4.47 Å². The van der Waals surface area contributed by atoms with Crippen molar-refractivity contribution in [3.05, 3.63) is 39.9 Å². The van der Waals surface area contributed by atoms with Gasteiger partial charge in [-0.2, -0.15) is 0 Å². The van der Waals surface area contributed by atoms with E-state index in [1.165, 1.54) is 11.1 Å². The predicted octanol–water partition coefficient (Wildman–Crippen LogP) is 4.58. The van der Waals surface area contributed by atoms with Crippen molar-refractivity contribution in [3.8, 4) is 5.75 Å². The van der Waals surface area contributed by atoms with Crippen molar-refractivity contribution in [2.45, 2.75) is 33.6 Å². The summed E-state index contributed by atoms with van der Waals surface area (Å²) in [6.07, 6.45) is 4.36. The standard InChI is InChI=1S/C17H26BrNO/c1-13(2)12-19-9-5-6-14(3)10-15-11-16(20-4)7-8-17(15)18/h6-8,11,13,19H,5,9-10,12H2,1-4H3. The third-order valence-corrected chi connectivity index (χ3v) is 3.86. The van der Waals surface area contributed by atoms with Crippen molar-refractivity contribution >= 4 is 15.9 Å². The first-order valence-corrected chi connectivity index (χ1v) is 8.01. The lowest BCUT2D eigenvalue weighted by Gasteiger charge is -2.09.